The summed E-state index contributed by atoms with van der Waals surface area (Å²) >= 11 is 0. The van der Waals surface area contributed by atoms with Crippen molar-refractivity contribution in [2.75, 3.05) is 13.6 Å². The van der Waals surface area contributed by atoms with Crippen LogP contribution in [-0.4, -0.2) is 29.3 Å². The lowest BCUT2D eigenvalue weighted by Gasteiger charge is -2.12. The van der Waals surface area contributed by atoms with Crippen LogP contribution in [0.3, 0.4) is 0 Å². The first-order chi connectivity index (χ1) is 10.8. The van der Waals surface area contributed by atoms with Gasteiger partial charge in [-0.2, -0.15) is 5.10 Å². The van der Waals surface area contributed by atoms with Gasteiger partial charge in [-0.05, 0) is 30.2 Å². The first-order valence-electron chi connectivity index (χ1n) is 7.87. The van der Waals surface area contributed by atoms with Crippen LogP contribution in [0.25, 0.3) is 5.69 Å². The Morgan fingerprint density at radius 1 is 1.18 bits per heavy atom. The average Bonchev–Trinajstić information content (AvgIpc) is 3.09. The molecule has 1 heterocycles. The highest BCUT2D eigenvalue weighted by Gasteiger charge is 1.99. The van der Waals surface area contributed by atoms with Crippen molar-refractivity contribution in [2.45, 2.75) is 32.7 Å². The van der Waals surface area contributed by atoms with Crippen LogP contribution in [0.15, 0.2) is 47.7 Å². The second-order valence-corrected chi connectivity index (χ2v) is 5.18. The van der Waals surface area contributed by atoms with Crippen LogP contribution in [0.2, 0.25) is 0 Å². The largest absolute Gasteiger partial charge is 0.356 e. The molecule has 1 aromatic carbocycles. The molecule has 0 spiro atoms. The molecule has 2 aromatic rings. The van der Waals surface area contributed by atoms with E-state index in [1.807, 2.05) is 16.9 Å². The standard InChI is InChI=1S/C17H25N5/c1-3-4-5-11-19-17(18-2)20-14-15-7-9-16(10-8-15)22-13-6-12-21-22/h6-10,12-13H,3-5,11,14H2,1-2H3,(H2,18,19,20). The molecular formula is C17H25N5. The number of aliphatic imine (C=N–C) groups is 1. The van der Waals surface area contributed by atoms with Crippen LogP contribution < -0.4 is 10.6 Å². The summed E-state index contributed by atoms with van der Waals surface area (Å²) in [5.41, 5.74) is 2.28. The zero-order valence-electron chi connectivity index (χ0n) is 13.4. The molecule has 0 atom stereocenters. The number of aromatic nitrogens is 2. The lowest BCUT2D eigenvalue weighted by Crippen LogP contribution is -2.37. The zero-order chi connectivity index (χ0) is 15.6. The van der Waals surface area contributed by atoms with Gasteiger partial charge in [0.25, 0.3) is 0 Å². The molecule has 22 heavy (non-hydrogen) atoms. The van der Waals surface area contributed by atoms with Crippen molar-refractivity contribution in [2.24, 2.45) is 4.99 Å². The molecule has 0 aliphatic carbocycles. The van der Waals surface area contributed by atoms with E-state index >= 15 is 0 Å². The molecule has 0 bridgehead atoms. The minimum Gasteiger partial charge on any atom is -0.356 e. The maximum Gasteiger partial charge on any atom is 0.191 e. The van der Waals surface area contributed by atoms with E-state index in [1.165, 1.54) is 24.8 Å². The summed E-state index contributed by atoms with van der Waals surface area (Å²) in [6.07, 6.45) is 7.38. The molecule has 0 amide bonds. The fourth-order valence-corrected chi connectivity index (χ4v) is 2.18. The normalized spacial score (nSPS) is 11.5. The molecular weight excluding hydrogens is 274 g/mol. The van der Waals surface area contributed by atoms with Gasteiger partial charge in [0.2, 0.25) is 0 Å². The molecule has 5 heteroatoms. The zero-order valence-corrected chi connectivity index (χ0v) is 13.4. The Morgan fingerprint density at radius 2 is 2.00 bits per heavy atom. The first-order valence-corrected chi connectivity index (χ1v) is 7.87. The van der Waals surface area contributed by atoms with Gasteiger partial charge in [0, 0.05) is 32.5 Å². The predicted molar refractivity (Wildman–Crippen MR) is 91.3 cm³/mol. The molecule has 1 aromatic heterocycles. The van der Waals surface area contributed by atoms with Crippen molar-refractivity contribution in [3.05, 3.63) is 48.3 Å². The van der Waals surface area contributed by atoms with Crippen LogP contribution in [-0.2, 0) is 6.54 Å². The first kappa shape index (κ1) is 16.1. The molecule has 0 fully saturated rings. The number of hydrogen-bond donors (Lipinski definition) is 2. The second-order valence-electron chi connectivity index (χ2n) is 5.18. The number of nitrogens with zero attached hydrogens (tertiary/aromatic N) is 3. The van der Waals surface area contributed by atoms with Gasteiger partial charge in [-0.15, -0.1) is 0 Å². The van der Waals surface area contributed by atoms with Gasteiger partial charge >= 0.3 is 0 Å². The predicted octanol–water partition coefficient (Wildman–Crippen LogP) is 2.73. The van der Waals surface area contributed by atoms with E-state index in [2.05, 4.69) is 51.9 Å². The quantitative estimate of drug-likeness (QED) is 0.469. The van der Waals surface area contributed by atoms with Crippen LogP contribution >= 0.6 is 0 Å². The lowest BCUT2D eigenvalue weighted by molar-refractivity contribution is 0.683. The molecule has 0 aliphatic heterocycles. The molecule has 2 N–H and O–H groups in total. The molecule has 5 nitrogen and oxygen atoms in total. The number of guanidine groups is 1. The summed E-state index contributed by atoms with van der Waals surface area (Å²) in [4.78, 5) is 4.24. The van der Waals surface area contributed by atoms with E-state index in [9.17, 15) is 0 Å². The van der Waals surface area contributed by atoms with Crippen LogP contribution in [0.5, 0.6) is 0 Å². The number of hydrogen-bond acceptors (Lipinski definition) is 2. The van der Waals surface area contributed by atoms with Crippen molar-refractivity contribution in [1.29, 1.82) is 0 Å². The highest BCUT2D eigenvalue weighted by Crippen LogP contribution is 2.08. The van der Waals surface area contributed by atoms with E-state index in [0.29, 0.717) is 0 Å². The Morgan fingerprint density at radius 3 is 2.64 bits per heavy atom. The van der Waals surface area contributed by atoms with Gasteiger partial charge in [-0.3, -0.25) is 4.99 Å². The average molecular weight is 299 g/mol. The Labute approximate surface area is 132 Å². The van der Waals surface area contributed by atoms with Gasteiger partial charge in [0.05, 0.1) is 5.69 Å². The third-order valence-corrected chi connectivity index (χ3v) is 3.46. The third-order valence-electron chi connectivity index (χ3n) is 3.46. The van der Waals surface area contributed by atoms with Gasteiger partial charge < -0.3 is 10.6 Å². The summed E-state index contributed by atoms with van der Waals surface area (Å²) in [7, 11) is 1.80. The summed E-state index contributed by atoms with van der Waals surface area (Å²) in [6, 6.07) is 10.3. The number of benzene rings is 1. The topological polar surface area (TPSA) is 54.2 Å². The van der Waals surface area contributed by atoms with Crippen molar-refractivity contribution >= 4 is 5.96 Å². The Kier molecular flexibility index (Phi) is 6.48. The van der Waals surface area contributed by atoms with Crippen molar-refractivity contribution in [3.8, 4) is 5.69 Å². The summed E-state index contributed by atoms with van der Waals surface area (Å²) in [5.74, 6) is 0.854. The summed E-state index contributed by atoms with van der Waals surface area (Å²) < 4.78 is 1.85. The number of nitrogens with one attached hydrogen (secondary N) is 2. The van der Waals surface area contributed by atoms with Crippen molar-refractivity contribution in [1.82, 2.24) is 20.4 Å². The van der Waals surface area contributed by atoms with Crippen LogP contribution in [0.4, 0.5) is 0 Å². The minimum atomic E-state index is 0.757. The Balaban J connectivity index is 1.80. The molecule has 2 rings (SSSR count). The van der Waals surface area contributed by atoms with E-state index in [0.717, 1.165) is 24.7 Å². The maximum absolute atomic E-state index is 4.24. The van der Waals surface area contributed by atoms with E-state index in [1.54, 1.807) is 13.2 Å². The SMILES string of the molecule is CCCCCNC(=NC)NCc1ccc(-n2cccn2)cc1. The lowest BCUT2D eigenvalue weighted by atomic mass is 10.2. The van der Waals surface area contributed by atoms with Crippen molar-refractivity contribution in [3.63, 3.8) is 0 Å². The molecule has 118 valence electrons. The van der Waals surface area contributed by atoms with Gasteiger partial charge in [-0.25, -0.2) is 4.68 Å². The van der Waals surface area contributed by atoms with Gasteiger partial charge in [-0.1, -0.05) is 31.9 Å². The Hall–Kier alpha value is -2.30. The monoisotopic (exact) mass is 299 g/mol. The molecule has 0 saturated carbocycles. The van der Waals surface area contributed by atoms with E-state index in [4.69, 9.17) is 0 Å². The molecule has 0 saturated heterocycles. The Bertz CT molecular complexity index is 557. The number of unbranched alkanes of at least 4 members (excludes halogenated alkanes) is 2. The van der Waals surface area contributed by atoms with Crippen LogP contribution in [0.1, 0.15) is 31.7 Å². The molecule has 0 radical (unpaired) electrons. The smallest absolute Gasteiger partial charge is 0.191 e. The van der Waals surface area contributed by atoms with Gasteiger partial charge in [0.15, 0.2) is 5.96 Å². The fraction of sp³-hybridized carbons (Fsp3) is 0.412. The highest BCUT2D eigenvalue weighted by atomic mass is 15.3. The molecule has 0 unspecified atom stereocenters. The van der Waals surface area contributed by atoms with E-state index in [-0.39, 0.29) is 0 Å². The molecule has 0 aliphatic rings. The summed E-state index contributed by atoms with van der Waals surface area (Å²) in [5, 5.41) is 10.9. The van der Waals surface area contributed by atoms with Crippen LogP contribution in [0, 0.1) is 0 Å². The minimum absolute atomic E-state index is 0.757. The highest BCUT2D eigenvalue weighted by molar-refractivity contribution is 5.79. The maximum atomic E-state index is 4.24. The second kappa shape index (κ2) is 8.87. The number of rotatable bonds is 7. The fourth-order valence-electron chi connectivity index (χ4n) is 2.18. The third kappa shape index (κ3) is 4.91. The van der Waals surface area contributed by atoms with Crippen molar-refractivity contribution < 1.29 is 0 Å². The van der Waals surface area contributed by atoms with E-state index < -0.39 is 0 Å². The summed E-state index contributed by atoms with van der Waals surface area (Å²) in [6.45, 7) is 3.93. The van der Waals surface area contributed by atoms with Gasteiger partial charge in [0.1, 0.15) is 0 Å².